The summed E-state index contributed by atoms with van der Waals surface area (Å²) in [6.07, 6.45) is 0.602. The summed E-state index contributed by atoms with van der Waals surface area (Å²) in [4.78, 5) is 20.1. The molecule has 1 aromatic rings. The zero-order valence-corrected chi connectivity index (χ0v) is 14.7. The zero-order chi connectivity index (χ0) is 16.3. The minimum atomic E-state index is -2.92. The number of anilines is 1. The summed E-state index contributed by atoms with van der Waals surface area (Å²) in [6.45, 7) is 0.588. The highest BCUT2D eigenvalue weighted by Gasteiger charge is 2.31. The van der Waals surface area contributed by atoms with Gasteiger partial charge in [-0.05, 0) is 13.5 Å². The van der Waals surface area contributed by atoms with Gasteiger partial charge >= 0.3 is 0 Å². The van der Waals surface area contributed by atoms with E-state index in [4.69, 9.17) is 0 Å². The van der Waals surface area contributed by atoms with Crippen LogP contribution in [-0.2, 0) is 21.2 Å². The molecule has 0 unspecified atom stereocenters. The number of likely N-dealkylation sites (N-methyl/N-ethyl adjacent to an activating group) is 1. The molecule has 1 atom stereocenters. The van der Waals surface area contributed by atoms with E-state index in [1.165, 1.54) is 11.3 Å². The van der Waals surface area contributed by atoms with Crippen molar-refractivity contribution in [3.63, 3.8) is 0 Å². The van der Waals surface area contributed by atoms with Gasteiger partial charge in [0.25, 0.3) is 0 Å². The van der Waals surface area contributed by atoms with Gasteiger partial charge in [0.2, 0.25) is 5.91 Å². The van der Waals surface area contributed by atoms with E-state index < -0.39 is 9.84 Å². The van der Waals surface area contributed by atoms with Gasteiger partial charge in [0.05, 0.1) is 30.3 Å². The molecule has 124 valence electrons. The maximum Gasteiger partial charge on any atom is 0.234 e. The lowest BCUT2D eigenvalue weighted by molar-refractivity contribution is -0.122. The molecular formula is C13H22N4O3S2. The average molecular weight is 346 g/mol. The predicted molar refractivity (Wildman–Crippen MR) is 88.0 cm³/mol. The van der Waals surface area contributed by atoms with Crippen LogP contribution in [0.2, 0.25) is 0 Å². The van der Waals surface area contributed by atoms with Gasteiger partial charge < -0.3 is 10.2 Å². The highest BCUT2D eigenvalue weighted by atomic mass is 32.2. The molecule has 1 aromatic heterocycles. The molecule has 0 spiro atoms. The van der Waals surface area contributed by atoms with E-state index in [1.807, 2.05) is 29.3 Å². The van der Waals surface area contributed by atoms with Gasteiger partial charge in [-0.1, -0.05) is 0 Å². The van der Waals surface area contributed by atoms with Crippen molar-refractivity contribution in [1.29, 1.82) is 0 Å². The first-order valence-corrected chi connectivity index (χ1v) is 9.76. The first kappa shape index (κ1) is 17.2. The Morgan fingerprint density at radius 3 is 2.73 bits per heavy atom. The topological polar surface area (TPSA) is 82.6 Å². The summed E-state index contributed by atoms with van der Waals surface area (Å²) in [5.41, 5.74) is 0.827. The quantitative estimate of drug-likeness (QED) is 0.777. The van der Waals surface area contributed by atoms with Crippen LogP contribution in [0.3, 0.4) is 0 Å². The fourth-order valence-electron chi connectivity index (χ4n) is 2.31. The maximum atomic E-state index is 11.9. The van der Waals surface area contributed by atoms with Gasteiger partial charge in [0.15, 0.2) is 15.0 Å². The normalized spacial score (nSPS) is 20.3. The van der Waals surface area contributed by atoms with E-state index in [1.54, 1.807) is 7.05 Å². The molecule has 1 aliphatic rings. The minimum absolute atomic E-state index is 0.0598. The van der Waals surface area contributed by atoms with Gasteiger partial charge in [0, 0.05) is 25.5 Å². The largest absolute Gasteiger partial charge is 0.354 e. The Balaban J connectivity index is 1.77. The molecule has 1 amide bonds. The van der Waals surface area contributed by atoms with Crippen LogP contribution in [0.15, 0.2) is 5.38 Å². The van der Waals surface area contributed by atoms with Crippen LogP contribution in [0.1, 0.15) is 12.1 Å². The van der Waals surface area contributed by atoms with E-state index in [0.717, 1.165) is 10.8 Å². The lowest BCUT2D eigenvalue weighted by atomic mass is 10.2. The Hall–Kier alpha value is -1.19. The number of amides is 1. The first-order valence-electron chi connectivity index (χ1n) is 7.06. The van der Waals surface area contributed by atoms with E-state index in [0.29, 0.717) is 13.0 Å². The SMILES string of the molecule is CN(C)c1nc(CNC(=O)CN(C)[C@@H]2CCS(=O)(=O)C2)cs1. The van der Waals surface area contributed by atoms with E-state index >= 15 is 0 Å². The van der Waals surface area contributed by atoms with E-state index in [2.05, 4.69) is 10.3 Å². The third-order valence-electron chi connectivity index (χ3n) is 3.61. The Bertz CT molecular complexity index is 627. The van der Waals surface area contributed by atoms with Gasteiger partial charge in [-0.15, -0.1) is 11.3 Å². The van der Waals surface area contributed by atoms with Crippen molar-refractivity contribution >= 4 is 32.2 Å². The molecule has 0 bridgehead atoms. The smallest absolute Gasteiger partial charge is 0.234 e. The molecule has 1 N–H and O–H groups in total. The fraction of sp³-hybridized carbons (Fsp3) is 0.692. The molecule has 9 heteroatoms. The maximum absolute atomic E-state index is 11.9. The van der Waals surface area contributed by atoms with E-state index in [9.17, 15) is 13.2 Å². The number of carbonyl (C=O) groups is 1. The second kappa shape index (κ2) is 6.93. The molecule has 1 aliphatic heterocycles. The van der Waals surface area contributed by atoms with Crippen molar-refractivity contribution in [3.05, 3.63) is 11.1 Å². The van der Waals surface area contributed by atoms with E-state index in [-0.39, 0.29) is 30.0 Å². The fourth-order valence-corrected chi connectivity index (χ4v) is 4.87. The van der Waals surface area contributed by atoms with Crippen molar-refractivity contribution < 1.29 is 13.2 Å². The van der Waals surface area contributed by atoms with Crippen molar-refractivity contribution in [1.82, 2.24) is 15.2 Å². The first-order chi connectivity index (χ1) is 10.3. The van der Waals surface area contributed by atoms with Crippen LogP contribution in [0, 0.1) is 0 Å². The predicted octanol–water partition coefficient (Wildman–Crippen LogP) is -0.0558. The molecule has 0 aromatic carbocycles. The number of sulfone groups is 1. The molecule has 7 nitrogen and oxygen atoms in total. The Morgan fingerprint density at radius 1 is 1.45 bits per heavy atom. The van der Waals surface area contributed by atoms with Crippen LogP contribution >= 0.6 is 11.3 Å². The molecule has 2 rings (SSSR count). The molecule has 0 radical (unpaired) electrons. The van der Waals surface area contributed by atoms with Crippen LogP contribution in [0.25, 0.3) is 0 Å². The third kappa shape index (κ3) is 4.65. The summed E-state index contributed by atoms with van der Waals surface area (Å²) in [5.74, 6) is 0.247. The zero-order valence-electron chi connectivity index (χ0n) is 13.1. The number of hydrogen-bond acceptors (Lipinski definition) is 7. The van der Waals surface area contributed by atoms with Crippen molar-refractivity contribution in [2.24, 2.45) is 0 Å². The second-order valence-corrected chi connectivity index (χ2v) is 8.83. The highest BCUT2D eigenvalue weighted by molar-refractivity contribution is 7.91. The third-order valence-corrected chi connectivity index (χ3v) is 6.42. The number of rotatable bonds is 6. The Kier molecular flexibility index (Phi) is 5.41. The summed E-state index contributed by atoms with van der Waals surface area (Å²) >= 11 is 1.53. The Labute approximate surface area is 135 Å². The molecule has 1 saturated heterocycles. The van der Waals surface area contributed by atoms with Crippen LogP contribution < -0.4 is 10.2 Å². The van der Waals surface area contributed by atoms with Crippen molar-refractivity contribution in [3.8, 4) is 0 Å². The standard InChI is InChI=1S/C13H22N4O3S2/c1-16(2)13-15-10(8-21-13)6-14-12(18)7-17(3)11-4-5-22(19,20)9-11/h8,11H,4-7,9H2,1-3H3,(H,14,18)/t11-/m1/s1. The molecule has 22 heavy (non-hydrogen) atoms. The second-order valence-electron chi connectivity index (χ2n) is 5.76. The lowest BCUT2D eigenvalue weighted by Crippen LogP contribution is -2.41. The van der Waals surface area contributed by atoms with Crippen LogP contribution in [0.4, 0.5) is 5.13 Å². The monoisotopic (exact) mass is 346 g/mol. The van der Waals surface area contributed by atoms with Crippen molar-refractivity contribution in [2.45, 2.75) is 19.0 Å². The Morgan fingerprint density at radius 2 is 2.18 bits per heavy atom. The molecule has 1 fully saturated rings. The summed E-state index contributed by atoms with van der Waals surface area (Å²) < 4.78 is 22.9. The number of nitrogens with zero attached hydrogens (tertiary/aromatic N) is 3. The molecule has 0 saturated carbocycles. The molecule has 2 heterocycles. The van der Waals surface area contributed by atoms with Gasteiger partial charge in [-0.3, -0.25) is 9.69 Å². The van der Waals surface area contributed by atoms with Gasteiger partial charge in [-0.2, -0.15) is 0 Å². The number of carbonyl (C=O) groups excluding carboxylic acids is 1. The number of thiazole rings is 1. The lowest BCUT2D eigenvalue weighted by Gasteiger charge is -2.22. The number of aromatic nitrogens is 1. The number of hydrogen-bond donors (Lipinski definition) is 1. The van der Waals surface area contributed by atoms with Gasteiger partial charge in [0.1, 0.15) is 0 Å². The summed E-state index contributed by atoms with van der Waals surface area (Å²) in [7, 11) is 2.71. The molecule has 0 aliphatic carbocycles. The molecular weight excluding hydrogens is 324 g/mol. The summed E-state index contributed by atoms with van der Waals surface area (Å²) in [6, 6.07) is -0.0598. The van der Waals surface area contributed by atoms with Gasteiger partial charge in [-0.25, -0.2) is 13.4 Å². The van der Waals surface area contributed by atoms with Crippen molar-refractivity contribution in [2.75, 3.05) is 44.1 Å². The summed E-state index contributed by atoms with van der Waals surface area (Å²) in [5, 5.41) is 5.64. The van der Waals surface area contributed by atoms with Crippen LogP contribution in [-0.4, -0.2) is 69.4 Å². The highest BCUT2D eigenvalue weighted by Crippen LogP contribution is 2.18. The average Bonchev–Trinajstić information content (AvgIpc) is 3.02. The minimum Gasteiger partial charge on any atom is -0.354 e. The van der Waals surface area contributed by atoms with Crippen LogP contribution in [0.5, 0.6) is 0 Å². The number of nitrogens with one attached hydrogen (secondary N) is 1.